The summed E-state index contributed by atoms with van der Waals surface area (Å²) in [5.74, 6) is 0.406. The van der Waals surface area contributed by atoms with E-state index in [9.17, 15) is 4.79 Å². The molecule has 1 heterocycles. The van der Waals surface area contributed by atoms with Crippen molar-refractivity contribution in [1.82, 2.24) is 5.32 Å². The van der Waals surface area contributed by atoms with Crippen molar-refractivity contribution in [2.75, 3.05) is 7.05 Å². The summed E-state index contributed by atoms with van der Waals surface area (Å²) >= 11 is 0. The van der Waals surface area contributed by atoms with Gasteiger partial charge in [0.2, 0.25) is 0 Å². The number of hydrogen-bond donors (Lipinski definition) is 1. The molecular formula is C8H10N2O2. The predicted octanol–water partition coefficient (Wildman–Crippen LogP) is 0.976. The van der Waals surface area contributed by atoms with Crippen molar-refractivity contribution in [3.8, 4) is 0 Å². The molecule has 0 saturated carbocycles. The Morgan fingerprint density at radius 2 is 2.50 bits per heavy atom. The minimum absolute atomic E-state index is 0.202. The van der Waals surface area contributed by atoms with Crippen LogP contribution in [0.5, 0.6) is 0 Å². The average molecular weight is 166 g/mol. The maximum atomic E-state index is 11.2. The number of aryl methyl sites for hydroxylation is 1. The van der Waals surface area contributed by atoms with Gasteiger partial charge in [-0.2, -0.15) is 0 Å². The molecule has 1 aromatic rings. The van der Waals surface area contributed by atoms with Crippen molar-refractivity contribution in [2.24, 2.45) is 4.99 Å². The van der Waals surface area contributed by atoms with Crippen LogP contribution in [-0.4, -0.2) is 19.3 Å². The summed E-state index contributed by atoms with van der Waals surface area (Å²) in [5, 5.41) is 2.48. The number of carbonyl (C=O) groups excluding carboxylic acids is 1. The topological polar surface area (TPSA) is 54.6 Å². The quantitative estimate of drug-likeness (QED) is 0.526. The molecule has 1 aromatic heterocycles. The first-order valence-electron chi connectivity index (χ1n) is 3.51. The number of aliphatic imine (C=N–C) groups is 1. The third-order valence-electron chi connectivity index (χ3n) is 1.43. The molecule has 0 bridgehead atoms. The van der Waals surface area contributed by atoms with E-state index in [-0.39, 0.29) is 5.91 Å². The summed E-state index contributed by atoms with van der Waals surface area (Å²) in [5.41, 5.74) is 0.537. The van der Waals surface area contributed by atoms with E-state index in [1.165, 1.54) is 12.6 Å². The van der Waals surface area contributed by atoms with Crippen LogP contribution in [0, 0.1) is 6.92 Å². The van der Waals surface area contributed by atoms with Gasteiger partial charge in [-0.3, -0.25) is 9.79 Å². The van der Waals surface area contributed by atoms with Gasteiger partial charge in [0.05, 0.1) is 18.2 Å². The van der Waals surface area contributed by atoms with Gasteiger partial charge < -0.3 is 9.73 Å². The normalized spacial score (nSPS) is 10.5. The number of furan rings is 1. The van der Waals surface area contributed by atoms with E-state index in [0.29, 0.717) is 11.3 Å². The molecule has 0 radical (unpaired) electrons. The van der Waals surface area contributed by atoms with Crippen molar-refractivity contribution in [3.63, 3.8) is 0 Å². The van der Waals surface area contributed by atoms with Gasteiger partial charge in [0, 0.05) is 7.05 Å². The molecule has 0 spiro atoms. The lowest BCUT2D eigenvalue weighted by Gasteiger charge is -1.95. The monoisotopic (exact) mass is 166 g/mol. The molecule has 1 amide bonds. The molecular weight excluding hydrogens is 156 g/mol. The predicted molar refractivity (Wildman–Crippen MR) is 45.3 cm³/mol. The molecule has 0 aromatic carbocycles. The van der Waals surface area contributed by atoms with E-state index in [1.807, 2.05) is 0 Å². The van der Waals surface area contributed by atoms with Crippen LogP contribution in [-0.2, 0) is 0 Å². The first-order valence-corrected chi connectivity index (χ1v) is 3.51. The molecule has 4 nitrogen and oxygen atoms in total. The van der Waals surface area contributed by atoms with Crippen LogP contribution in [0.3, 0.4) is 0 Å². The highest BCUT2D eigenvalue weighted by Crippen LogP contribution is 2.07. The highest BCUT2D eigenvalue weighted by atomic mass is 16.3. The fourth-order valence-electron chi connectivity index (χ4n) is 0.821. The molecule has 0 aliphatic carbocycles. The first-order chi connectivity index (χ1) is 5.75. The molecule has 0 saturated heterocycles. The standard InChI is InChI=1S/C8H10N2O2/c1-6-7(3-4-12-6)8(11)10-5-9-2/h3-5H,1-2H3,(H,9,10,11). The smallest absolute Gasteiger partial charge is 0.259 e. The van der Waals surface area contributed by atoms with E-state index >= 15 is 0 Å². The van der Waals surface area contributed by atoms with E-state index in [4.69, 9.17) is 4.42 Å². The second kappa shape index (κ2) is 3.71. The average Bonchev–Trinajstić information content (AvgIpc) is 2.47. The zero-order chi connectivity index (χ0) is 8.97. The Labute approximate surface area is 70.3 Å². The highest BCUT2D eigenvalue weighted by molar-refractivity contribution is 6.01. The van der Waals surface area contributed by atoms with Crippen LogP contribution >= 0.6 is 0 Å². The molecule has 0 fully saturated rings. The second-order valence-electron chi connectivity index (χ2n) is 2.25. The highest BCUT2D eigenvalue weighted by Gasteiger charge is 2.08. The van der Waals surface area contributed by atoms with Gasteiger partial charge in [0.1, 0.15) is 5.76 Å². The van der Waals surface area contributed by atoms with Crippen molar-refractivity contribution >= 4 is 12.2 Å². The minimum atomic E-state index is -0.202. The van der Waals surface area contributed by atoms with Gasteiger partial charge in [-0.05, 0) is 13.0 Å². The third kappa shape index (κ3) is 1.72. The van der Waals surface area contributed by atoms with Crippen LogP contribution in [0.15, 0.2) is 21.7 Å². The zero-order valence-electron chi connectivity index (χ0n) is 7.00. The van der Waals surface area contributed by atoms with E-state index < -0.39 is 0 Å². The van der Waals surface area contributed by atoms with Gasteiger partial charge in [-0.1, -0.05) is 0 Å². The van der Waals surface area contributed by atoms with Crippen molar-refractivity contribution < 1.29 is 9.21 Å². The Morgan fingerprint density at radius 3 is 3.00 bits per heavy atom. The maximum Gasteiger partial charge on any atom is 0.259 e. The maximum absolute atomic E-state index is 11.2. The molecule has 64 valence electrons. The largest absolute Gasteiger partial charge is 0.469 e. The van der Waals surface area contributed by atoms with Crippen molar-refractivity contribution in [2.45, 2.75) is 6.92 Å². The number of carbonyl (C=O) groups is 1. The first kappa shape index (κ1) is 8.52. The number of nitrogens with zero attached hydrogens (tertiary/aromatic N) is 1. The van der Waals surface area contributed by atoms with Crippen LogP contribution in [0.25, 0.3) is 0 Å². The number of rotatable bonds is 2. The van der Waals surface area contributed by atoms with Crippen molar-refractivity contribution in [3.05, 3.63) is 23.7 Å². The minimum Gasteiger partial charge on any atom is -0.469 e. The van der Waals surface area contributed by atoms with E-state index in [2.05, 4.69) is 10.3 Å². The summed E-state index contributed by atoms with van der Waals surface area (Å²) in [6.45, 7) is 1.73. The van der Waals surface area contributed by atoms with E-state index in [1.54, 1.807) is 20.0 Å². The SMILES string of the molecule is CN=CNC(=O)c1ccoc1C. The summed E-state index contributed by atoms with van der Waals surface area (Å²) < 4.78 is 4.96. The number of amides is 1. The molecule has 0 unspecified atom stereocenters. The van der Waals surface area contributed by atoms with Gasteiger partial charge in [0.15, 0.2) is 0 Å². The second-order valence-corrected chi connectivity index (χ2v) is 2.25. The fourth-order valence-corrected chi connectivity index (χ4v) is 0.821. The Balaban J connectivity index is 2.71. The lowest BCUT2D eigenvalue weighted by molar-refractivity contribution is 0.0977. The summed E-state index contributed by atoms with van der Waals surface area (Å²) in [7, 11) is 1.59. The number of nitrogens with one attached hydrogen (secondary N) is 1. The zero-order valence-corrected chi connectivity index (χ0v) is 7.00. The molecule has 12 heavy (non-hydrogen) atoms. The number of hydrogen-bond acceptors (Lipinski definition) is 3. The van der Waals surface area contributed by atoms with Gasteiger partial charge in [0.25, 0.3) is 5.91 Å². The molecule has 1 N–H and O–H groups in total. The van der Waals surface area contributed by atoms with Crippen LogP contribution in [0.2, 0.25) is 0 Å². The molecule has 4 heteroatoms. The molecule has 0 atom stereocenters. The van der Waals surface area contributed by atoms with Gasteiger partial charge in [-0.15, -0.1) is 0 Å². The summed E-state index contributed by atoms with van der Waals surface area (Å²) in [6.07, 6.45) is 2.82. The summed E-state index contributed by atoms with van der Waals surface area (Å²) in [4.78, 5) is 14.9. The lowest BCUT2D eigenvalue weighted by atomic mass is 10.2. The lowest BCUT2D eigenvalue weighted by Crippen LogP contribution is -2.21. The Bertz CT molecular complexity index is 302. The Kier molecular flexibility index (Phi) is 2.63. The van der Waals surface area contributed by atoms with Crippen LogP contribution in [0.4, 0.5) is 0 Å². The molecule has 0 aliphatic heterocycles. The van der Waals surface area contributed by atoms with Crippen LogP contribution in [0.1, 0.15) is 16.1 Å². The molecule has 0 aliphatic rings. The third-order valence-corrected chi connectivity index (χ3v) is 1.43. The Morgan fingerprint density at radius 1 is 1.75 bits per heavy atom. The Hall–Kier alpha value is -1.58. The fraction of sp³-hybridized carbons (Fsp3) is 0.250. The molecule has 1 rings (SSSR count). The van der Waals surface area contributed by atoms with Crippen LogP contribution < -0.4 is 5.32 Å². The van der Waals surface area contributed by atoms with Crippen molar-refractivity contribution in [1.29, 1.82) is 0 Å². The van der Waals surface area contributed by atoms with Gasteiger partial charge >= 0.3 is 0 Å². The summed E-state index contributed by atoms with van der Waals surface area (Å²) in [6, 6.07) is 1.62. The van der Waals surface area contributed by atoms with E-state index in [0.717, 1.165) is 0 Å². The van der Waals surface area contributed by atoms with Gasteiger partial charge in [-0.25, -0.2) is 0 Å².